The Kier molecular flexibility index (Phi) is 11.7. The van der Waals surface area contributed by atoms with Gasteiger partial charge < -0.3 is 20.1 Å². The van der Waals surface area contributed by atoms with E-state index in [4.69, 9.17) is 4.74 Å². The second kappa shape index (κ2) is 15.8. The summed E-state index contributed by atoms with van der Waals surface area (Å²) < 4.78 is 6.10. The molecule has 3 N–H and O–H groups in total. The normalized spacial score (nSPS) is 53.4. The number of aliphatic carboxylic acids is 3. The van der Waals surface area contributed by atoms with Gasteiger partial charge in [0.15, 0.2) is 0 Å². The molecule has 12 saturated carbocycles. The molecule has 1 aliphatic heterocycles. The highest BCUT2D eigenvalue weighted by molar-refractivity contribution is 5.85. The molecule has 0 aromatic rings. The highest BCUT2D eigenvalue weighted by atomic mass is 16.6. The monoisotopic (exact) mass is 951 g/mol. The Morgan fingerprint density at radius 3 is 1.55 bits per heavy atom. The Morgan fingerprint density at radius 2 is 1.01 bits per heavy atom. The minimum atomic E-state index is -0.929. The van der Waals surface area contributed by atoms with Crippen LogP contribution in [0, 0.1) is 114 Å². The molecule has 8 nitrogen and oxygen atoms in total. The minimum Gasteiger partial charge on any atom is -0.481 e. The van der Waals surface area contributed by atoms with Crippen LogP contribution < -0.4 is 0 Å². The predicted molar refractivity (Wildman–Crippen MR) is 272 cm³/mol. The van der Waals surface area contributed by atoms with Crippen LogP contribution in [0.25, 0.3) is 0 Å². The fraction of sp³-hybridized carbons (Fsp3) is 0.833. The van der Waals surface area contributed by atoms with E-state index < -0.39 is 46.2 Å². The van der Waals surface area contributed by atoms with Crippen molar-refractivity contribution in [1.82, 2.24) is 0 Å². The molecule has 13 aliphatic rings. The van der Waals surface area contributed by atoms with Gasteiger partial charge in [-0.2, -0.15) is 0 Å². The molecule has 0 aromatic heterocycles. The van der Waals surface area contributed by atoms with Crippen molar-refractivity contribution in [2.24, 2.45) is 114 Å². The summed E-state index contributed by atoms with van der Waals surface area (Å²) in [5, 5.41) is 30.4. The summed E-state index contributed by atoms with van der Waals surface area (Å²) in [4.78, 5) is 49.7. The third-order valence-corrected chi connectivity index (χ3v) is 25.4. The zero-order valence-corrected chi connectivity index (χ0v) is 42.9. The number of fused-ring (bicyclic) bond motifs is 7. The standard InChI is InChI=1S/C20H28O4.C20H32.C19H24O4.CH4.B.H2/c1-11-9-20-10-12(11)5-6-13(20)18(2)7-4-8-19(3,17(23)24)15(18)14(20)16(21)22;1-13-11-20-12-15(13)7-8-16(20)19(5)10-6-9-18(3,4)17(19)14(20)2;1-10-8-18-9-11(10)4-5-12(18)19-7-3-6-17(2,16(22)23-19)14(19)13(18)15(20)21;;;/h12-15H,1,4-10H2,2-3H3,(H,21,22)(H,23,24);14-17H,1,6-12H2,2-5H3;11-14H,1,3-9H2,2H3,(H,20,21);1H4;;1H/t12-,13+,14-,15+,18+,19-,20+;14-,15+,16-,17+,19-,20+;11-,12-,13-,14-,17+,18+,19-;;;/m101.../s1/i;;;;;1+1. The molecule has 13 rings (SSSR count). The number of esters is 1. The molecule has 3 spiro atoms. The van der Waals surface area contributed by atoms with Crippen LogP contribution in [0.1, 0.15) is 192 Å². The average molecular weight is 951 g/mol. The molecule has 0 amide bonds. The van der Waals surface area contributed by atoms with Gasteiger partial charge in [-0.05, 0) is 216 Å². The fourth-order valence-electron chi connectivity index (χ4n) is 23.8. The first-order chi connectivity index (χ1) is 31.3. The lowest BCUT2D eigenvalue weighted by molar-refractivity contribution is -0.166. The second-order valence-corrected chi connectivity index (χ2v) is 28.2. The number of hydrogen-bond acceptors (Lipinski definition) is 5. The topological polar surface area (TPSA) is 138 Å². The van der Waals surface area contributed by atoms with Crippen molar-refractivity contribution >= 4 is 32.3 Å². The Hall–Kier alpha value is -2.84. The van der Waals surface area contributed by atoms with Crippen LogP contribution in [-0.2, 0) is 23.9 Å². The van der Waals surface area contributed by atoms with Gasteiger partial charge in [0.1, 0.15) is 5.60 Å². The Labute approximate surface area is 418 Å². The van der Waals surface area contributed by atoms with Gasteiger partial charge in [0.05, 0.1) is 22.7 Å². The van der Waals surface area contributed by atoms with Crippen molar-refractivity contribution in [2.75, 3.05) is 0 Å². The first-order valence-electron chi connectivity index (χ1n) is 27.3. The van der Waals surface area contributed by atoms with E-state index in [9.17, 15) is 34.5 Å². The average Bonchev–Trinajstić information content (AvgIpc) is 3.98. The number of carboxylic acid groups (broad SMARTS) is 3. The van der Waals surface area contributed by atoms with Crippen LogP contribution in [-0.4, -0.2) is 53.2 Å². The summed E-state index contributed by atoms with van der Waals surface area (Å²) in [7, 11) is 0. The van der Waals surface area contributed by atoms with Crippen LogP contribution >= 0.6 is 0 Å². The zero-order valence-electron chi connectivity index (χ0n) is 42.9. The molecule has 3 radical (unpaired) electrons. The van der Waals surface area contributed by atoms with Crippen LogP contribution in [0.2, 0.25) is 0 Å². The summed E-state index contributed by atoms with van der Waals surface area (Å²) in [5.41, 5.74) is 3.18. The first kappa shape index (κ1) is 51.1. The zero-order chi connectivity index (χ0) is 48.0. The van der Waals surface area contributed by atoms with E-state index in [2.05, 4.69) is 54.4 Å². The number of carboxylic acids is 3. The largest absolute Gasteiger partial charge is 0.481 e. The van der Waals surface area contributed by atoms with Gasteiger partial charge in [0.2, 0.25) is 0 Å². The summed E-state index contributed by atoms with van der Waals surface area (Å²) in [6.45, 7) is 29.4. The van der Waals surface area contributed by atoms with Gasteiger partial charge in [-0.3, -0.25) is 19.2 Å². The van der Waals surface area contributed by atoms with E-state index >= 15 is 0 Å². The van der Waals surface area contributed by atoms with E-state index in [1.54, 1.807) is 5.57 Å². The summed E-state index contributed by atoms with van der Waals surface area (Å²) in [5.74, 6) is 1.31. The van der Waals surface area contributed by atoms with Crippen molar-refractivity contribution in [1.29, 1.82) is 0 Å². The predicted octanol–water partition coefficient (Wildman–Crippen LogP) is 13.5. The smallest absolute Gasteiger partial charge is 0.312 e. The highest BCUT2D eigenvalue weighted by Gasteiger charge is 2.82. The number of rotatable bonds is 3. The van der Waals surface area contributed by atoms with E-state index in [1.165, 1.54) is 56.1 Å². The third kappa shape index (κ3) is 6.18. The summed E-state index contributed by atoms with van der Waals surface area (Å²) in [6.07, 6.45) is 22.9. The Balaban J connectivity index is 0.000000139. The maximum atomic E-state index is 12.7. The molecule has 1 heterocycles. The van der Waals surface area contributed by atoms with E-state index in [1.807, 2.05) is 13.8 Å². The molecule has 12 aliphatic carbocycles. The second-order valence-electron chi connectivity index (χ2n) is 28.2. The van der Waals surface area contributed by atoms with Gasteiger partial charge in [-0.1, -0.05) is 91.3 Å². The number of ether oxygens (including phenoxy) is 1. The molecule has 13 fully saturated rings. The van der Waals surface area contributed by atoms with Crippen LogP contribution in [0.3, 0.4) is 0 Å². The van der Waals surface area contributed by atoms with E-state index in [0.29, 0.717) is 40.4 Å². The molecule has 9 heteroatoms. The molecular formula is C60H90BO8. The van der Waals surface area contributed by atoms with Gasteiger partial charge in [-0.25, -0.2) is 0 Å². The van der Waals surface area contributed by atoms with Crippen LogP contribution in [0.15, 0.2) is 36.5 Å². The molecular weight excluding hydrogens is 859 g/mol. The number of carbonyl (C=O) groups excluding carboxylic acids is 1. The van der Waals surface area contributed by atoms with Gasteiger partial charge >= 0.3 is 23.9 Å². The third-order valence-electron chi connectivity index (χ3n) is 25.4. The van der Waals surface area contributed by atoms with Crippen molar-refractivity contribution in [3.05, 3.63) is 36.5 Å². The molecule has 1 saturated heterocycles. The Morgan fingerprint density at radius 1 is 0.580 bits per heavy atom. The number of allylic oxidation sites excluding steroid dienone is 3. The maximum absolute atomic E-state index is 12.7. The SMILES string of the molecule is C.C=C1C[C@]23C[C@H]1CC[C@H]2[C@@]12CCC[C@](C)(C(=O)O1)[C@H]2[C@@H]3C(=O)O.C=C1C[C@]23C[C@H]1CC[C@H]2[C@]1(C)CCCC(C)(C)[C@H]1[C@@H]3C.C=C1C[C@]23C[C@H]1CC[C@H]2[C@]1(C)CCC[C@@](C)(C(=O)O)[C@H]1[C@@H]3C(=O)O.[2HH].[B]. The quantitative estimate of drug-likeness (QED) is 0.144. The molecule has 381 valence electrons. The lowest BCUT2D eigenvalue weighted by Crippen LogP contribution is -2.50. The van der Waals surface area contributed by atoms with E-state index in [0.717, 1.165) is 107 Å². The van der Waals surface area contributed by atoms with Gasteiger partial charge in [0.25, 0.3) is 0 Å². The van der Waals surface area contributed by atoms with Gasteiger partial charge in [0, 0.05) is 21.7 Å². The van der Waals surface area contributed by atoms with Crippen molar-refractivity contribution in [2.45, 2.75) is 196 Å². The highest BCUT2D eigenvalue weighted by Crippen LogP contribution is 2.81. The molecule has 69 heavy (non-hydrogen) atoms. The van der Waals surface area contributed by atoms with Crippen LogP contribution in [0.4, 0.5) is 0 Å². The van der Waals surface area contributed by atoms with Gasteiger partial charge in [-0.15, -0.1) is 0 Å². The van der Waals surface area contributed by atoms with Crippen molar-refractivity contribution in [3.8, 4) is 0 Å². The lowest BCUT2D eigenvalue weighted by Gasteiger charge is -2.51. The van der Waals surface area contributed by atoms with Crippen molar-refractivity contribution in [3.63, 3.8) is 0 Å². The molecule has 0 aromatic carbocycles. The lowest BCUT2D eigenvalue weighted by atomic mass is 9.53. The molecule has 0 unspecified atom stereocenters. The number of hydrogen-bond donors (Lipinski definition) is 3. The Bertz CT molecular complexity index is 2260. The van der Waals surface area contributed by atoms with E-state index in [-0.39, 0.29) is 57.2 Å². The summed E-state index contributed by atoms with van der Waals surface area (Å²) >= 11 is 0. The first-order valence-corrected chi connectivity index (χ1v) is 27.3. The molecule has 20 atom stereocenters. The maximum Gasteiger partial charge on any atom is 0.312 e. The minimum absolute atomic E-state index is 0. The fourth-order valence-corrected chi connectivity index (χ4v) is 23.8. The van der Waals surface area contributed by atoms with Crippen LogP contribution in [0.5, 0.6) is 0 Å². The number of carbonyl (C=O) groups is 4. The van der Waals surface area contributed by atoms with Crippen molar-refractivity contribution < 1.29 is 40.7 Å². The summed E-state index contributed by atoms with van der Waals surface area (Å²) in [6, 6.07) is 0. The molecule has 8 bridgehead atoms.